The molecule has 0 unspecified atom stereocenters. The third-order valence-electron chi connectivity index (χ3n) is 3.54. The molecule has 0 spiro atoms. The molecule has 116 valence electrons. The Balaban J connectivity index is 2.02. The van der Waals surface area contributed by atoms with Crippen LogP contribution in [-0.2, 0) is 0 Å². The number of carbonyl (C=O) groups excluding carboxylic acids is 1. The minimum atomic E-state index is -0.308. The summed E-state index contributed by atoms with van der Waals surface area (Å²) in [5.41, 5.74) is 1.73. The van der Waals surface area contributed by atoms with Crippen molar-refractivity contribution in [1.82, 2.24) is 4.98 Å². The molecule has 0 aliphatic rings. The summed E-state index contributed by atoms with van der Waals surface area (Å²) >= 11 is 0. The highest BCUT2D eigenvalue weighted by Crippen LogP contribution is 2.30. The van der Waals surface area contributed by atoms with Gasteiger partial charge in [-0.05, 0) is 24.3 Å². The van der Waals surface area contributed by atoms with Gasteiger partial charge in [-0.25, -0.2) is 0 Å². The number of para-hydroxylation sites is 1. The fourth-order valence-corrected chi connectivity index (χ4v) is 2.46. The molecule has 0 fully saturated rings. The molecule has 3 aromatic rings. The number of ether oxygens (including phenoxy) is 2. The van der Waals surface area contributed by atoms with E-state index in [-0.39, 0.29) is 5.91 Å². The normalized spacial score (nSPS) is 10.3. The highest BCUT2D eigenvalue weighted by Gasteiger charge is 2.19. The minimum absolute atomic E-state index is 0.308. The SMILES string of the molecule is COc1cccc(OC)c1C(=O)Nc1cccc2cccnc12. The summed E-state index contributed by atoms with van der Waals surface area (Å²) in [6.07, 6.45) is 1.70. The van der Waals surface area contributed by atoms with Gasteiger partial charge >= 0.3 is 0 Å². The maximum Gasteiger partial charge on any atom is 0.263 e. The van der Waals surface area contributed by atoms with Gasteiger partial charge in [-0.3, -0.25) is 9.78 Å². The van der Waals surface area contributed by atoms with Crippen molar-refractivity contribution in [1.29, 1.82) is 0 Å². The summed E-state index contributed by atoms with van der Waals surface area (Å²) in [6, 6.07) is 14.7. The standard InChI is InChI=1S/C18H16N2O3/c1-22-14-9-4-10-15(23-2)16(14)18(21)20-13-8-3-6-12-7-5-11-19-17(12)13/h3-11H,1-2H3,(H,20,21). The van der Waals surface area contributed by atoms with Crippen LogP contribution in [0.4, 0.5) is 5.69 Å². The first-order valence-corrected chi connectivity index (χ1v) is 7.10. The van der Waals surface area contributed by atoms with Crippen molar-refractivity contribution in [3.8, 4) is 11.5 Å². The molecular weight excluding hydrogens is 292 g/mol. The third-order valence-corrected chi connectivity index (χ3v) is 3.54. The number of amides is 1. The van der Waals surface area contributed by atoms with Crippen molar-refractivity contribution in [3.05, 3.63) is 60.3 Å². The van der Waals surface area contributed by atoms with Crippen LogP contribution in [0, 0.1) is 0 Å². The predicted octanol–water partition coefficient (Wildman–Crippen LogP) is 3.50. The Morgan fingerprint density at radius 3 is 2.30 bits per heavy atom. The molecule has 1 heterocycles. The zero-order valence-electron chi connectivity index (χ0n) is 12.9. The Morgan fingerprint density at radius 1 is 0.957 bits per heavy atom. The van der Waals surface area contributed by atoms with E-state index < -0.39 is 0 Å². The Labute approximate surface area is 133 Å². The van der Waals surface area contributed by atoms with Gasteiger partial charge in [0.25, 0.3) is 5.91 Å². The molecule has 0 radical (unpaired) electrons. The highest BCUT2D eigenvalue weighted by atomic mass is 16.5. The Bertz CT molecular complexity index is 834. The van der Waals surface area contributed by atoms with Crippen LogP contribution in [-0.4, -0.2) is 25.1 Å². The van der Waals surface area contributed by atoms with E-state index in [0.29, 0.717) is 22.7 Å². The predicted molar refractivity (Wildman–Crippen MR) is 89.2 cm³/mol. The second kappa shape index (κ2) is 6.36. The smallest absolute Gasteiger partial charge is 0.263 e. The summed E-state index contributed by atoms with van der Waals surface area (Å²) in [6.45, 7) is 0. The fraction of sp³-hybridized carbons (Fsp3) is 0.111. The quantitative estimate of drug-likeness (QED) is 0.801. The first-order chi connectivity index (χ1) is 11.2. The number of hydrogen-bond donors (Lipinski definition) is 1. The van der Waals surface area contributed by atoms with Gasteiger partial charge in [-0.1, -0.05) is 24.3 Å². The number of pyridine rings is 1. The largest absolute Gasteiger partial charge is 0.496 e. The number of benzene rings is 2. The second-order valence-corrected chi connectivity index (χ2v) is 4.87. The maximum absolute atomic E-state index is 12.7. The minimum Gasteiger partial charge on any atom is -0.496 e. The summed E-state index contributed by atoms with van der Waals surface area (Å²) in [7, 11) is 3.04. The molecule has 0 bridgehead atoms. The molecule has 0 saturated carbocycles. The molecule has 2 aromatic carbocycles. The molecule has 5 heteroatoms. The Morgan fingerprint density at radius 2 is 1.61 bits per heavy atom. The van der Waals surface area contributed by atoms with E-state index in [9.17, 15) is 4.79 Å². The third kappa shape index (κ3) is 2.81. The number of nitrogens with zero attached hydrogens (tertiary/aromatic N) is 1. The molecule has 0 saturated heterocycles. The van der Waals surface area contributed by atoms with Gasteiger partial charge < -0.3 is 14.8 Å². The van der Waals surface area contributed by atoms with E-state index in [1.165, 1.54) is 14.2 Å². The fourth-order valence-electron chi connectivity index (χ4n) is 2.46. The van der Waals surface area contributed by atoms with Gasteiger partial charge in [0.1, 0.15) is 17.1 Å². The Hall–Kier alpha value is -3.08. The van der Waals surface area contributed by atoms with Crippen molar-refractivity contribution < 1.29 is 14.3 Å². The van der Waals surface area contributed by atoms with Gasteiger partial charge in [-0.2, -0.15) is 0 Å². The maximum atomic E-state index is 12.7. The van der Waals surface area contributed by atoms with Gasteiger partial charge in [0.15, 0.2) is 0 Å². The van der Waals surface area contributed by atoms with Crippen molar-refractivity contribution in [2.75, 3.05) is 19.5 Å². The summed E-state index contributed by atoms with van der Waals surface area (Å²) < 4.78 is 10.6. The first kappa shape index (κ1) is 14.8. The lowest BCUT2D eigenvalue weighted by atomic mass is 10.1. The van der Waals surface area contributed by atoms with Crippen LogP contribution in [0.25, 0.3) is 10.9 Å². The van der Waals surface area contributed by atoms with Crippen LogP contribution >= 0.6 is 0 Å². The first-order valence-electron chi connectivity index (χ1n) is 7.10. The van der Waals surface area contributed by atoms with E-state index in [0.717, 1.165) is 10.9 Å². The Kier molecular flexibility index (Phi) is 4.10. The van der Waals surface area contributed by atoms with Gasteiger partial charge in [0.05, 0.1) is 25.4 Å². The summed E-state index contributed by atoms with van der Waals surface area (Å²) in [4.78, 5) is 17.1. The van der Waals surface area contributed by atoms with Crippen LogP contribution < -0.4 is 14.8 Å². The average Bonchev–Trinajstić information content (AvgIpc) is 2.61. The monoisotopic (exact) mass is 308 g/mol. The van der Waals surface area contributed by atoms with Crippen molar-refractivity contribution in [3.63, 3.8) is 0 Å². The van der Waals surface area contributed by atoms with Crippen molar-refractivity contribution in [2.45, 2.75) is 0 Å². The molecule has 1 aromatic heterocycles. The van der Waals surface area contributed by atoms with E-state index >= 15 is 0 Å². The van der Waals surface area contributed by atoms with Crippen LogP contribution in [0.2, 0.25) is 0 Å². The number of aromatic nitrogens is 1. The molecule has 0 aliphatic heterocycles. The van der Waals surface area contributed by atoms with Gasteiger partial charge in [0, 0.05) is 11.6 Å². The molecule has 1 N–H and O–H groups in total. The lowest BCUT2D eigenvalue weighted by molar-refractivity contribution is 0.102. The number of hydrogen-bond acceptors (Lipinski definition) is 4. The lowest BCUT2D eigenvalue weighted by Crippen LogP contribution is -2.15. The molecule has 5 nitrogen and oxygen atoms in total. The van der Waals surface area contributed by atoms with Crippen LogP contribution in [0.1, 0.15) is 10.4 Å². The second-order valence-electron chi connectivity index (χ2n) is 4.87. The zero-order chi connectivity index (χ0) is 16.2. The number of nitrogens with one attached hydrogen (secondary N) is 1. The number of fused-ring (bicyclic) bond motifs is 1. The highest BCUT2D eigenvalue weighted by molar-refractivity contribution is 6.11. The van der Waals surface area contributed by atoms with Gasteiger partial charge in [0.2, 0.25) is 0 Å². The number of rotatable bonds is 4. The van der Waals surface area contributed by atoms with E-state index in [2.05, 4.69) is 10.3 Å². The lowest BCUT2D eigenvalue weighted by Gasteiger charge is -2.13. The molecular formula is C18H16N2O3. The molecule has 23 heavy (non-hydrogen) atoms. The molecule has 3 rings (SSSR count). The topological polar surface area (TPSA) is 60.5 Å². The van der Waals surface area contributed by atoms with E-state index in [1.54, 1.807) is 24.4 Å². The van der Waals surface area contributed by atoms with E-state index in [4.69, 9.17) is 9.47 Å². The molecule has 0 aliphatic carbocycles. The van der Waals surface area contributed by atoms with E-state index in [1.807, 2.05) is 30.3 Å². The van der Waals surface area contributed by atoms with Crippen LogP contribution in [0.15, 0.2) is 54.7 Å². The molecule has 1 amide bonds. The number of anilines is 1. The van der Waals surface area contributed by atoms with Crippen LogP contribution in [0.5, 0.6) is 11.5 Å². The van der Waals surface area contributed by atoms with Crippen molar-refractivity contribution >= 4 is 22.5 Å². The summed E-state index contributed by atoms with van der Waals surface area (Å²) in [5.74, 6) is 0.600. The zero-order valence-corrected chi connectivity index (χ0v) is 12.9. The van der Waals surface area contributed by atoms with Crippen molar-refractivity contribution in [2.24, 2.45) is 0 Å². The summed E-state index contributed by atoms with van der Waals surface area (Å²) in [5, 5.41) is 3.85. The number of methoxy groups -OCH3 is 2. The number of carbonyl (C=O) groups is 1. The average molecular weight is 308 g/mol. The molecule has 0 atom stereocenters. The van der Waals surface area contributed by atoms with Gasteiger partial charge in [-0.15, -0.1) is 0 Å². The van der Waals surface area contributed by atoms with Crippen LogP contribution in [0.3, 0.4) is 0 Å².